The van der Waals surface area contributed by atoms with Gasteiger partial charge in [-0.05, 0) is 43.0 Å². The molecule has 2 N–H and O–H groups in total. The Balaban J connectivity index is 1.84. The number of carbonyl (C=O) groups excluding carboxylic acids is 2. The van der Waals surface area contributed by atoms with Crippen LogP contribution >= 0.6 is 11.8 Å². The highest BCUT2D eigenvalue weighted by atomic mass is 32.2. The Kier molecular flexibility index (Phi) is 6.17. The summed E-state index contributed by atoms with van der Waals surface area (Å²) in [6.07, 6.45) is 5.41. The van der Waals surface area contributed by atoms with Crippen LogP contribution in [0.15, 0.2) is 47.6 Å². The number of benzene rings is 1. The van der Waals surface area contributed by atoms with Crippen LogP contribution in [0.4, 0.5) is 5.69 Å². The van der Waals surface area contributed by atoms with E-state index in [9.17, 15) is 9.59 Å². The second kappa shape index (κ2) is 8.33. The normalized spacial score (nSPS) is 10.2. The first-order valence-corrected chi connectivity index (χ1v) is 8.45. The monoisotopic (exact) mass is 329 g/mol. The van der Waals surface area contributed by atoms with Gasteiger partial charge < -0.3 is 10.6 Å². The van der Waals surface area contributed by atoms with Crippen LogP contribution in [0, 0.1) is 6.92 Å². The SMILES string of the molecule is CSc1ccc(C)c(C(=O)NCCC(=O)Nc2ccncc2)c1. The zero-order chi connectivity index (χ0) is 16.7. The third-order valence-corrected chi connectivity index (χ3v) is 4.02. The van der Waals surface area contributed by atoms with Crippen LogP contribution in [0.5, 0.6) is 0 Å². The van der Waals surface area contributed by atoms with Crippen molar-refractivity contribution in [3.8, 4) is 0 Å². The number of hydrogen-bond donors (Lipinski definition) is 2. The molecule has 0 bridgehead atoms. The van der Waals surface area contributed by atoms with Gasteiger partial charge in [0.25, 0.3) is 5.91 Å². The quantitative estimate of drug-likeness (QED) is 0.800. The number of nitrogens with zero attached hydrogens (tertiary/aromatic N) is 1. The van der Waals surface area contributed by atoms with Crippen LogP contribution in [0.3, 0.4) is 0 Å². The zero-order valence-electron chi connectivity index (χ0n) is 13.1. The van der Waals surface area contributed by atoms with E-state index >= 15 is 0 Å². The Morgan fingerprint density at radius 3 is 2.61 bits per heavy atom. The van der Waals surface area contributed by atoms with Gasteiger partial charge in [0.2, 0.25) is 5.91 Å². The molecule has 0 aliphatic carbocycles. The van der Waals surface area contributed by atoms with Gasteiger partial charge in [-0.2, -0.15) is 0 Å². The van der Waals surface area contributed by atoms with Crippen molar-refractivity contribution < 1.29 is 9.59 Å². The Morgan fingerprint density at radius 1 is 1.17 bits per heavy atom. The predicted octanol–water partition coefficient (Wildman–Crippen LogP) is 2.87. The highest BCUT2D eigenvalue weighted by Gasteiger charge is 2.10. The van der Waals surface area contributed by atoms with Gasteiger partial charge in [-0.1, -0.05) is 6.07 Å². The van der Waals surface area contributed by atoms with Crippen LogP contribution in [0.2, 0.25) is 0 Å². The maximum absolute atomic E-state index is 12.2. The van der Waals surface area contributed by atoms with E-state index < -0.39 is 0 Å². The van der Waals surface area contributed by atoms with E-state index in [2.05, 4.69) is 15.6 Å². The molecule has 2 rings (SSSR count). The number of aryl methyl sites for hydroxylation is 1. The molecule has 0 spiro atoms. The lowest BCUT2D eigenvalue weighted by atomic mass is 10.1. The highest BCUT2D eigenvalue weighted by molar-refractivity contribution is 7.98. The molecule has 0 saturated heterocycles. The number of hydrogen-bond acceptors (Lipinski definition) is 4. The van der Waals surface area contributed by atoms with Crippen LogP contribution < -0.4 is 10.6 Å². The molecule has 0 unspecified atom stereocenters. The summed E-state index contributed by atoms with van der Waals surface area (Å²) in [7, 11) is 0. The fraction of sp³-hybridized carbons (Fsp3) is 0.235. The maximum Gasteiger partial charge on any atom is 0.251 e. The fourth-order valence-corrected chi connectivity index (χ4v) is 2.46. The van der Waals surface area contributed by atoms with Crippen molar-refractivity contribution in [1.29, 1.82) is 0 Å². The second-order valence-corrected chi connectivity index (χ2v) is 5.85. The molecule has 1 heterocycles. The number of pyridine rings is 1. The summed E-state index contributed by atoms with van der Waals surface area (Å²) >= 11 is 1.59. The van der Waals surface area contributed by atoms with E-state index in [0.717, 1.165) is 10.5 Å². The summed E-state index contributed by atoms with van der Waals surface area (Å²) in [5, 5.41) is 5.54. The van der Waals surface area contributed by atoms with Gasteiger partial charge in [-0.15, -0.1) is 11.8 Å². The zero-order valence-corrected chi connectivity index (χ0v) is 13.9. The molecule has 23 heavy (non-hydrogen) atoms. The maximum atomic E-state index is 12.2. The number of nitrogens with one attached hydrogen (secondary N) is 2. The van der Waals surface area contributed by atoms with Crippen molar-refractivity contribution in [2.45, 2.75) is 18.2 Å². The third-order valence-electron chi connectivity index (χ3n) is 3.29. The lowest BCUT2D eigenvalue weighted by Crippen LogP contribution is -2.28. The minimum atomic E-state index is -0.157. The predicted molar refractivity (Wildman–Crippen MR) is 92.8 cm³/mol. The van der Waals surface area contributed by atoms with Gasteiger partial charge >= 0.3 is 0 Å². The smallest absolute Gasteiger partial charge is 0.251 e. The van der Waals surface area contributed by atoms with Crippen molar-refractivity contribution in [3.05, 3.63) is 53.9 Å². The van der Waals surface area contributed by atoms with Crippen molar-refractivity contribution in [2.75, 3.05) is 18.1 Å². The van der Waals surface area contributed by atoms with Gasteiger partial charge in [0, 0.05) is 41.5 Å². The molecule has 0 saturated carbocycles. The van der Waals surface area contributed by atoms with Crippen LogP contribution in [-0.2, 0) is 4.79 Å². The average molecular weight is 329 g/mol. The summed E-state index contributed by atoms with van der Waals surface area (Å²) in [4.78, 5) is 28.9. The molecule has 0 radical (unpaired) electrons. The van der Waals surface area contributed by atoms with Crippen LogP contribution in [0.1, 0.15) is 22.3 Å². The van der Waals surface area contributed by atoms with Crippen LogP contribution in [-0.4, -0.2) is 29.6 Å². The Morgan fingerprint density at radius 2 is 1.91 bits per heavy atom. The van der Waals surface area contributed by atoms with E-state index in [1.165, 1.54) is 0 Å². The van der Waals surface area contributed by atoms with Crippen molar-refractivity contribution in [3.63, 3.8) is 0 Å². The summed E-state index contributed by atoms with van der Waals surface area (Å²) in [5.41, 5.74) is 2.26. The first kappa shape index (κ1) is 17.0. The summed E-state index contributed by atoms with van der Waals surface area (Å²) < 4.78 is 0. The minimum absolute atomic E-state index is 0.147. The molecule has 0 fully saturated rings. The number of carbonyl (C=O) groups is 2. The molecule has 0 aliphatic rings. The first-order chi connectivity index (χ1) is 11.1. The summed E-state index contributed by atoms with van der Waals surface area (Å²) in [5.74, 6) is -0.304. The van der Waals surface area contributed by atoms with Gasteiger partial charge in [0.1, 0.15) is 0 Å². The van der Waals surface area contributed by atoms with E-state index in [1.807, 2.05) is 31.4 Å². The lowest BCUT2D eigenvalue weighted by molar-refractivity contribution is -0.116. The molecule has 120 valence electrons. The molecule has 0 aliphatic heterocycles. The third kappa shape index (κ3) is 5.10. The fourth-order valence-electron chi connectivity index (χ4n) is 2.02. The molecule has 1 aromatic heterocycles. The molecular formula is C17H19N3O2S. The first-order valence-electron chi connectivity index (χ1n) is 7.23. The van der Waals surface area contributed by atoms with E-state index in [-0.39, 0.29) is 18.2 Å². The van der Waals surface area contributed by atoms with Gasteiger partial charge in [0.05, 0.1) is 0 Å². The van der Waals surface area contributed by atoms with Crippen molar-refractivity contribution in [1.82, 2.24) is 10.3 Å². The molecule has 0 atom stereocenters. The summed E-state index contributed by atoms with van der Waals surface area (Å²) in [6, 6.07) is 9.21. The Hall–Kier alpha value is -2.34. The number of thioether (sulfide) groups is 1. The lowest BCUT2D eigenvalue weighted by Gasteiger charge is -2.09. The standard InChI is InChI=1S/C17H19N3O2S/c1-12-3-4-14(23-2)11-15(12)17(22)19-10-7-16(21)20-13-5-8-18-9-6-13/h3-6,8-9,11H,7,10H2,1-2H3,(H,19,22)(H,18,20,21). The average Bonchev–Trinajstić information content (AvgIpc) is 2.56. The van der Waals surface area contributed by atoms with Gasteiger partial charge in [-0.3, -0.25) is 14.6 Å². The highest BCUT2D eigenvalue weighted by Crippen LogP contribution is 2.19. The Labute approximate surface area is 139 Å². The number of rotatable bonds is 6. The van der Waals surface area contributed by atoms with Crippen molar-refractivity contribution in [2.24, 2.45) is 0 Å². The molecule has 6 heteroatoms. The van der Waals surface area contributed by atoms with E-state index in [1.54, 1.807) is 36.3 Å². The van der Waals surface area contributed by atoms with Gasteiger partial charge in [0.15, 0.2) is 0 Å². The number of amides is 2. The second-order valence-electron chi connectivity index (χ2n) is 4.97. The number of anilines is 1. The van der Waals surface area contributed by atoms with E-state index in [4.69, 9.17) is 0 Å². The number of aromatic nitrogens is 1. The molecule has 1 aromatic carbocycles. The summed E-state index contributed by atoms with van der Waals surface area (Å²) in [6.45, 7) is 2.19. The van der Waals surface area contributed by atoms with Gasteiger partial charge in [-0.25, -0.2) is 0 Å². The molecule has 2 aromatic rings. The molecule has 5 nitrogen and oxygen atoms in total. The van der Waals surface area contributed by atoms with E-state index in [0.29, 0.717) is 17.8 Å². The van der Waals surface area contributed by atoms with Crippen LogP contribution in [0.25, 0.3) is 0 Å². The van der Waals surface area contributed by atoms with Crippen molar-refractivity contribution >= 4 is 29.3 Å². The minimum Gasteiger partial charge on any atom is -0.352 e. The molecule has 2 amide bonds. The Bertz CT molecular complexity index is 689. The molecular weight excluding hydrogens is 310 g/mol. The largest absolute Gasteiger partial charge is 0.352 e. The topological polar surface area (TPSA) is 71.1 Å².